The van der Waals surface area contributed by atoms with E-state index in [1.54, 1.807) is 0 Å². The minimum Gasteiger partial charge on any atom is -0.318 e. The molecule has 0 unspecified atom stereocenters. The first-order chi connectivity index (χ1) is 19.8. The van der Waals surface area contributed by atoms with Crippen molar-refractivity contribution in [2.24, 2.45) is 0 Å². The van der Waals surface area contributed by atoms with Crippen molar-refractivity contribution in [1.82, 2.24) is 10.2 Å². The van der Waals surface area contributed by atoms with E-state index in [1.165, 1.54) is 193 Å². The third kappa shape index (κ3) is 33.6. The standard InChI is InChI=1S/C38H76N2/c1-4-6-8-10-12-14-16-18-20-22-24-26-28-30-32-34-37-40(38-35-39-3)36-33-31-29-27-25-23-21-19-17-15-13-11-9-7-5-2/h17-20,39H,4-16,21-38H2,1-3H3/b19-17-,20-18-. The first kappa shape index (κ1) is 39.4. The van der Waals surface area contributed by atoms with Crippen LogP contribution in [0, 0.1) is 0 Å². The Kier molecular flexibility index (Phi) is 35.9. The van der Waals surface area contributed by atoms with Crippen molar-refractivity contribution in [3.05, 3.63) is 24.3 Å². The van der Waals surface area contributed by atoms with Gasteiger partial charge in [-0.3, -0.25) is 0 Å². The van der Waals surface area contributed by atoms with E-state index in [0.717, 1.165) is 6.54 Å². The largest absolute Gasteiger partial charge is 0.318 e. The molecule has 0 bridgehead atoms. The van der Waals surface area contributed by atoms with Crippen LogP contribution >= 0.6 is 0 Å². The molecule has 0 saturated heterocycles. The molecular weight excluding hydrogens is 484 g/mol. The first-order valence-electron chi connectivity index (χ1n) is 18.5. The Bertz CT molecular complexity index is 498. The zero-order valence-electron chi connectivity index (χ0n) is 28.2. The Morgan fingerprint density at radius 3 is 1.00 bits per heavy atom. The van der Waals surface area contributed by atoms with Gasteiger partial charge in [-0.25, -0.2) is 0 Å². The summed E-state index contributed by atoms with van der Waals surface area (Å²) in [4.78, 5) is 2.72. The molecule has 0 rings (SSSR count). The molecule has 0 aliphatic rings. The molecule has 238 valence electrons. The second-order valence-electron chi connectivity index (χ2n) is 12.5. The first-order valence-corrected chi connectivity index (χ1v) is 18.5. The summed E-state index contributed by atoms with van der Waals surface area (Å²) in [6, 6.07) is 0. The van der Waals surface area contributed by atoms with E-state index in [0.29, 0.717) is 0 Å². The molecular formula is C38H76N2. The lowest BCUT2D eigenvalue weighted by Crippen LogP contribution is -2.32. The summed E-state index contributed by atoms with van der Waals surface area (Å²) in [7, 11) is 2.09. The topological polar surface area (TPSA) is 15.3 Å². The van der Waals surface area contributed by atoms with Crippen molar-refractivity contribution in [1.29, 1.82) is 0 Å². The molecule has 0 amide bonds. The van der Waals surface area contributed by atoms with Crippen molar-refractivity contribution in [2.75, 3.05) is 33.2 Å². The van der Waals surface area contributed by atoms with Crippen LogP contribution < -0.4 is 5.32 Å². The quantitative estimate of drug-likeness (QED) is 0.0622. The Balaban J connectivity index is 3.54. The van der Waals surface area contributed by atoms with Gasteiger partial charge in [-0.05, 0) is 84.3 Å². The third-order valence-electron chi connectivity index (χ3n) is 8.40. The van der Waals surface area contributed by atoms with E-state index in [9.17, 15) is 0 Å². The monoisotopic (exact) mass is 561 g/mol. The highest BCUT2D eigenvalue weighted by atomic mass is 15.1. The Morgan fingerprint density at radius 2 is 0.675 bits per heavy atom. The summed E-state index contributed by atoms with van der Waals surface area (Å²) in [5.41, 5.74) is 0. The lowest BCUT2D eigenvalue weighted by molar-refractivity contribution is 0.262. The van der Waals surface area contributed by atoms with Gasteiger partial charge in [-0.1, -0.05) is 147 Å². The van der Waals surface area contributed by atoms with Gasteiger partial charge >= 0.3 is 0 Å². The highest BCUT2D eigenvalue weighted by Crippen LogP contribution is 2.12. The molecule has 0 aliphatic heterocycles. The molecule has 0 aromatic rings. The van der Waals surface area contributed by atoms with Crippen molar-refractivity contribution in [3.8, 4) is 0 Å². The number of likely N-dealkylation sites (N-methyl/N-ethyl adjacent to an activating group) is 1. The summed E-state index contributed by atoms with van der Waals surface area (Å²) in [6.07, 6.45) is 47.3. The van der Waals surface area contributed by atoms with Crippen LogP contribution in [0.5, 0.6) is 0 Å². The molecule has 2 heteroatoms. The molecule has 1 N–H and O–H groups in total. The smallest absolute Gasteiger partial charge is 0.0107 e. The van der Waals surface area contributed by atoms with E-state index in [4.69, 9.17) is 0 Å². The molecule has 0 heterocycles. The van der Waals surface area contributed by atoms with Crippen LogP contribution in [0.4, 0.5) is 0 Å². The van der Waals surface area contributed by atoms with Gasteiger partial charge in [-0.15, -0.1) is 0 Å². The summed E-state index contributed by atoms with van der Waals surface area (Å²) >= 11 is 0. The average Bonchev–Trinajstić information content (AvgIpc) is 2.97. The van der Waals surface area contributed by atoms with E-state index in [1.807, 2.05) is 0 Å². The maximum Gasteiger partial charge on any atom is 0.0107 e. The van der Waals surface area contributed by atoms with E-state index >= 15 is 0 Å². The Morgan fingerprint density at radius 1 is 0.375 bits per heavy atom. The molecule has 0 aromatic carbocycles. The molecule has 2 nitrogen and oxygen atoms in total. The van der Waals surface area contributed by atoms with Gasteiger partial charge in [0.1, 0.15) is 0 Å². The number of allylic oxidation sites excluding steroid dienone is 4. The lowest BCUT2D eigenvalue weighted by Gasteiger charge is -2.22. The number of rotatable bonds is 34. The van der Waals surface area contributed by atoms with Crippen LogP contribution in [0.3, 0.4) is 0 Å². The number of nitrogens with zero attached hydrogens (tertiary/aromatic N) is 1. The summed E-state index contributed by atoms with van der Waals surface area (Å²) in [6.45, 7) is 9.53. The van der Waals surface area contributed by atoms with Crippen LogP contribution in [0.1, 0.15) is 187 Å². The maximum absolute atomic E-state index is 3.36. The van der Waals surface area contributed by atoms with Crippen molar-refractivity contribution >= 4 is 0 Å². The molecule has 0 aromatic heterocycles. The fraction of sp³-hybridized carbons (Fsp3) is 0.895. The number of unbranched alkanes of at least 4 members (excludes halogenated alkanes) is 23. The molecule has 0 radical (unpaired) electrons. The van der Waals surface area contributed by atoms with Gasteiger partial charge in [0, 0.05) is 13.1 Å². The molecule has 40 heavy (non-hydrogen) atoms. The van der Waals surface area contributed by atoms with Gasteiger partial charge in [0.2, 0.25) is 0 Å². The summed E-state index contributed by atoms with van der Waals surface area (Å²) < 4.78 is 0. The Hall–Kier alpha value is -0.600. The van der Waals surface area contributed by atoms with Crippen molar-refractivity contribution < 1.29 is 0 Å². The minimum absolute atomic E-state index is 1.12. The molecule has 0 aliphatic carbocycles. The number of hydrogen-bond acceptors (Lipinski definition) is 2. The maximum atomic E-state index is 3.36. The average molecular weight is 561 g/mol. The summed E-state index contributed by atoms with van der Waals surface area (Å²) in [5, 5.41) is 3.36. The highest BCUT2D eigenvalue weighted by Gasteiger charge is 2.04. The zero-order chi connectivity index (χ0) is 29.0. The van der Waals surface area contributed by atoms with Crippen LogP contribution in [0.25, 0.3) is 0 Å². The lowest BCUT2D eigenvalue weighted by atomic mass is 10.1. The van der Waals surface area contributed by atoms with Crippen LogP contribution in [0.15, 0.2) is 24.3 Å². The Labute approximate surface area is 254 Å². The zero-order valence-corrected chi connectivity index (χ0v) is 28.2. The van der Waals surface area contributed by atoms with E-state index in [2.05, 4.69) is 55.4 Å². The fourth-order valence-electron chi connectivity index (χ4n) is 5.59. The van der Waals surface area contributed by atoms with Gasteiger partial charge in [-0.2, -0.15) is 0 Å². The van der Waals surface area contributed by atoms with Crippen LogP contribution in [-0.4, -0.2) is 38.1 Å². The van der Waals surface area contributed by atoms with Gasteiger partial charge in [0.25, 0.3) is 0 Å². The predicted octanol–water partition coefficient (Wildman–Crippen LogP) is 12.2. The molecule has 0 atom stereocenters. The normalized spacial score (nSPS) is 12.1. The molecule has 0 fully saturated rings. The second kappa shape index (κ2) is 36.4. The van der Waals surface area contributed by atoms with Crippen molar-refractivity contribution in [2.45, 2.75) is 187 Å². The second-order valence-corrected chi connectivity index (χ2v) is 12.5. The minimum atomic E-state index is 1.12. The van der Waals surface area contributed by atoms with Gasteiger partial charge < -0.3 is 10.2 Å². The molecule has 0 spiro atoms. The van der Waals surface area contributed by atoms with E-state index < -0.39 is 0 Å². The number of nitrogens with one attached hydrogen (secondary N) is 1. The fourth-order valence-corrected chi connectivity index (χ4v) is 5.59. The van der Waals surface area contributed by atoms with Crippen LogP contribution in [-0.2, 0) is 0 Å². The highest BCUT2D eigenvalue weighted by molar-refractivity contribution is 4.82. The SMILES string of the molecule is CCCCCCC/C=C\CCCCCCCCN(CCCCCCCC/C=C\CCCCCCCC)CCNC. The van der Waals surface area contributed by atoms with Gasteiger partial charge in [0.15, 0.2) is 0 Å². The third-order valence-corrected chi connectivity index (χ3v) is 8.40. The van der Waals surface area contributed by atoms with Crippen LogP contribution in [0.2, 0.25) is 0 Å². The molecule has 0 saturated carbocycles. The predicted molar refractivity (Wildman–Crippen MR) is 185 cm³/mol. The van der Waals surface area contributed by atoms with Crippen molar-refractivity contribution in [3.63, 3.8) is 0 Å². The summed E-state index contributed by atoms with van der Waals surface area (Å²) in [5.74, 6) is 0. The van der Waals surface area contributed by atoms with E-state index in [-0.39, 0.29) is 0 Å². The van der Waals surface area contributed by atoms with Gasteiger partial charge in [0.05, 0.1) is 0 Å². The number of hydrogen-bond donors (Lipinski definition) is 1.